The Hall–Kier alpha value is -4.59. The summed E-state index contributed by atoms with van der Waals surface area (Å²) in [5.41, 5.74) is 3.87. The summed E-state index contributed by atoms with van der Waals surface area (Å²) in [5.74, 6) is -0.705. The van der Waals surface area contributed by atoms with E-state index < -0.39 is 29.7 Å². The second-order valence-corrected chi connectivity index (χ2v) is 12.0. The first kappa shape index (κ1) is 33.9. The Labute approximate surface area is 261 Å². The highest BCUT2D eigenvalue weighted by atomic mass is 16.6. The SMILES string of the molecule is C=Cc1cccc(C(C(=O)Nc2c(C)cccc2C)N(CCCC)C(=O)C(Cc2ccc(O)cc2)NC(=O)OC(C)(C)C)c1. The molecule has 0 aromatic heterocycles. The van der Waals surface area contributed by atoms with Gasteiger partial charge in [-0.3, -0.25) is 9.59 Å². The number of phenols is 1. The molecule has 2 atom stereocenters. The molecule has 0 aliphatic rings. The largest absolute Gasteiger partial charge is 0.508 e. The van der Waals surface area contributed by atoms with E-state index in [1.807, 2.05) is 63.2 Å². The Morgan fingerprint density at radius 3 is 2.23 bits per heavy atom. The van der Waals surface area contributed by atoms with Gasteiger partial charge >= 0.3 is 6.09 Å². The second kappa shape index (κ2) is 15.2. The van der Waals surface area contributed by atoms with Crippen molar-refractivity contribution in [2.75, 3.05) is 11.9 Å². The van der Waals surface area contributed by atoms with Crippen molar-refractivity contribution in [3.8, 4) is 5.75 Å². The minimum atomic E-state index is -1.05. The molecule has 2 unspecified atom stereocenters. The van der Waals surface area contributed by atoms with E-state index in [9.17, 15) is 19.5 Å². The maximum Gasteiger partial charge on any atom is 0.408 e. The molecule has 3 aromatic carbocycles. The fourth-order valence-corrected chi connectivity index (χ4v) is 4.94. The molecule has 0 spiro atoms. The lowest BCUT2D eigenvalue weighted by Crippen LogP contribution is -2.53. The molecule has 8 heteroatoms. The minimum Gasteiger partial charge on any atom is -0.508 e. The molecule has 3 amide bonds. The van der Waals surface area contributed by atoms with Crippen LogP contribution in [0.2, 0.25) is 0 Å². The summed E-state index contributed by atoms with van der Waals surface area (Å²) in [6, 6.07) is 17.6. The van der Waals surface area contributed by atoms with Crippen LogP contribution >= 0.6 is 0 Å². The maximum absolute atomic E-state index is 14.6. The van der Waals surface area contributed by atoms with Gasteiger partial charge in [-0.1, -0.05) is 74.5 Å². The van der Waals surface area contributed by atoms with Crippen LogP contribution in [0.4, 0.5) is 10.5 Å². The number of carbonyl (C=O) groups is 3. The molecule has 0 aliphatic heterocycles. The normalized spacial score (nSPS) is 12.5. The molecule has 0 heterocycles. The van der Waals surface area contributed by atoms with Crippen LogP contribution in [-0.4, -0.2) is 46.1 Å². The number of aryl methyl sites for hydroxylation is 2. The summed E-state index contributed by atoms with van der Waals surface area (Å²) >= 11 is 0. The van der Waals surface area contributed by atoms with Crippen LogP contribution in [0.1, 0.15) is 74.4 Å². The molecule has 8 nitrogen and oxygen atoms in total. The van der Waals surface area contributed by atoms with E-state index >= 15 is 0 Å². The van der Waals surface area contributed by atoms with Crippen LogP contribution in [0.25, 0.3) is 6.08 Å². The Balaban J connectivity index is 2.12. The smallest absolute Gasteiger partial charge is 0.408 e. The van der Waals surface area contributed by atoms with Crippen molar-refractivity contribution < 1.29 is 24.2 Å². The molecule has 0 aliphatic carbocycles. The summed E-state index contributed by atoms with van der Waals surface area (Å²) in [4.78, 5) is 43.4. The molecule has 3 N–H and O–H groups in total. The van der Waals surface area contributed by atoms with Crippen molar-refractivity contribution >= 4 is 29.7 Å². The zero-order valence-electron chi connectivity index (χ0n) is 26.6. The van der Waals surface area contributed by atoms with Crippen molar-refractivity contribution in [2.24, 2.45) is 0 Å². The maximum atomic E-state index is 14.6. The van der Waals surface area contributed by atoms with E-state index in [2.05, 4.69) is 17.2 Å². The molecule has 3 rings (SSSR count). The first-order valence-corrected chi connectivity index (χ1v) is 15.0. The van der Waals surface area contributed by atoms with Crippen molar-refractivity contribution in [2.45, 2.75) is 78.5 Å². The van der Waals surface area contributed by atoms with E-state index in [4.69, 9.17) is 4.74 Å². The molecular formula is C36H45N3O5. The van der Waals surface area contributed by atoms with Gasteiger partial charge in [0.15, 0.2) is 0 Å². The van der Waals surface area contributed by atoms with Crippen molar-refractivity contribution in [1.29, 1.82) is 0 Å². The van der Waals surface area contributed by atoms with Gasteiger partial charge in [0, 0.05) is 18.7 Å². The van der Waals surface area contributed by atoms with Gasteiger partial charge in [-0.05, 0) is 87.1 Å². The van der Waals surface area contributed by atoms with E-state index in [1.165, 1.54) is 12.1 Å². The Morgan fingerprint density at radius 1 is 1.00 bits per heavy atom. The number of ether oxygens (including phenoxy) is 1. The summed E-state index contributed by atoms with van der Waals surface area (Å²) in [6.07, 6.45) is 2.50. The van der Waals surface area contributed by atoms with E-state index in [0.29, 0.717) is 17.7 Å². The van der Waals surface area contributed by atoms with Gasteiger partial charge in [0.25, 0.3) is 5.91 Å². The number of alkyl carbamates (subject to hydrolysis) is 1. The number of hydrogen-bond acceptors (Lipinski definition) is 5. The summed E-state index contributed by atoms with van der Waals surface area (Å²) < 4.78 is 5.51. The van der Waals surface area contributed by atoms with Crippen LogP contribution < -0.4 is 10.6 Å². The molecule has 234 valence electrons. The van der Waals surface area contributed by atoms with Crippen LogP contribution in [0.5, 0.6) is 5.75 Å². The lowest BCUT2D eigenvalue weighted by molar-refractivity contribution is -0.140. The molecule has 0 fully saturated rings. The highest BCUT2D eigenvalue weighted by molar-refractivity contribution is 6.00. The number of phenolic OH excluding ortho intramolecular Hbond substituents is 1. The van der Waals surface area contributed by atoms with Gasteiger partial charge in [0.05, 0.1) is 0 Å². The molecule has 0 saturated heterocycles. The average molecular weight is 600 g/mol. The zero-order chi connectivity index (χ0) is 32.4. The number of unbranched alkanes of at least 4 members (excludes halogenated alkanes) is 1. The molecule has 0 bridgehead atoms. The molecule has 0 saturated carbocycles. The topological polar surface area (TPSA) is 108 Å². The van der Waals surface area contributed by atoms with E-state index in [0.717, 1.165) is 28.7 Å². The zero-order valence-corrected chi connectivity index (χ0v) is 26.6. The number of hydrogen-bond donors (Lipinski definition) is 3. The van der Waals surface area contributed by atoms with Crippen molar-refractivity contribution in [3.05, 3.63) is 101 Å². The van der Waals surface area contributed by atoms with Crippen molar-refractivity contribution in [3.63, 3.8) is 0 Å². The highest BCUT2D eigenvalue weighted by Gasteiger charge is 2.36. The molecule has 3 aromatic rings. The third-order valence-corrected chi connectivity index (χ3v) is 7.15. The summed E-state index contributed by atoms with van der Waals surface area (Å²) in [7, 11) is 0. The fraction of sp³-hybridized carbons (Fsp3) is 0.361. The Kier molecular flexibility index (Phi) is 11.7. The highest BCUT2D eigenvalue weighted by Crippen LogP contribution is 2.28. The third-order valence-electron chi connectivity index (χ3n) is 7.15. The van der Waals surface area contributed by atoms with Crippen LogP contribution in [0, 0.1) is 13.8 Å². The molecule has 0 radical (unpaired) electrons. The predicted octanol–water partition coefficient (Wildman–Crippen LogP) is 7.10. The second-order valence-electron chi connectivity index (χ2n) is 12.0. The number of nitrogens with one attached hydrogen (secondary N) is 2. The van der Waals surface area contributed by atoms with Crippen LogP contribution in [0.15, 0.2) is 73.3 Å². The number of anilines is 1. The first-order chi connectivity index (χ1) is 20.8. The van der Waals surface area contributed by atoms with Crippen LogP contribution in [-0.2, 0) is 20.7 Å². The average Bonchev–Trinajstić information content (AvgIpc) is 2.96. The number of amides is 3. The van der Waals surface area contributed by atoms with Gasteiger partial charge in [-0.2, -0.15) is 0 Å². The van der Waals surface area contributed by atoms with E-state index in [-0.39, 0.29) is 24.6 Å². The lowest BCUT2D eigenvalue weighted by atomic mass is 9.98. The van der Waals surface area contributed by atoms with Gasteiger partial charge in [0.2, 0.25) is 5.91 Å². The van der Waals surface area contributed by atoms with Gasteiger partial charge in [-0.25, -0.2) is 4.79 Å². The number of carbonyl (C=O) groups excluding carboxylic acids is 3. The first-order valence-electron chi connectivity index (χ1n) is 15.0. The number of para-hydroxylation sites is 1. The number of benzene rings is 3. The third kappa shape index (κ3) is 9.46. The monoisotopic (exact) mass is 599 g/mol. The van der Waals surface area contributed by atoms with Crippen LogP contribution in [0.3, 0.4) is 0 Å². The number of rotatable bonds is 12. The van der Waals surface area contributed by atoms with Gasteiger partial charge in [0.1, 0.15) is 23.4 Å². The predicted molar refractivity (Wildman–Crippen MR) is 175 cm³/mol. The molecule has 44 heavy (non-hydrogen) atoms. The quantitative estimate of drug-likeness (QED) is 0.206. The summed E-state index contributed by atoms with van der Waals surface area (Å²) in [6.45, 7) is 15.3. The Bertz CT molecular complexity index is 1440. The standard InChI is InChI=1S/C36H45N3O5/c1-8-10-21-39(34(42)30(37-35(43)44-36(5,6)7)23-27-17-19-29(40)20-18-27)32(28-16-12-15-26(9-2)22-28)33(41)38-31-24(3)13-11-14-25(31)4/h9,11-20,22,30,32,40H,2,8,10,21,23H2,1,3-7H3,(H,37,43)(H,38,41). The number of aromatic hydroxyl groups is 1. The minimum absolute atomic E-state index is 0.0895. The fourth-order valence-electron chi connectivity index (χ4n) is 4.94. The number of nitrogens with zero attached hydrogens (tertiary/aromatic N) is 1. The Morgan fingerprint density at radius 2 is 1.64 bits per heavy atom. The van der Waals surface area contributed by atoms with Gasteiger partial charge < -0.3 is 25.4 Å². The molecular weight excluding hydrogens is 554 g/mol. The lowest BCUT2D eigenvalue weighted by Gasteiger charge is -2.35. The van der Waals surface area contributed by atoms with Gasteiger partial charge in [-0.15, -0.1) is 0 Å². The van der Waals surface area contributed by atoms with E-state index in [1.54, 1.807) is 43.9 Å². The summed E-state index contributed by atoms with van der Waals surface area (Å²) in [5, 5.41) is 15.7. The van der Waals surface area contributed by atoms with Crippen molar-refractivity contribution in [1.82, 2.24) is 10.2 Å².